The van der Waals surface area contributed by atoms with Crippen molar-refractivity contribution in [3.05, 3.63) is 23.8 Å². The molecule has 1 aromatic rings. The van der Waals surface area contributed by atoms with E-state index in [2.05, 4.69) is 20.9 Å². The van der Waals surface area contributed by atoms with E-state index in [1.807, 2.05) is 6.92 Å². The van der Waals surface area contributed by atoms with Gasteiger partial charge in [0.2, 0.25) is 5.91 Å². The fraction of sp³-hybridized carbons (Fsp3) is 0.688. The van der Waals surface area contributed by atoms with Crippen LogP contribution in [0.2, 0.25) is 0 Å². The Morgan fingerprint density at radius 3 is 3.00 bits per heavy atom. The van der Waals surface area contributed by atoms with Gasteiger partial charge in [-0.1, -0.05) is 6.42 Å². The maximum Gasteiger partial charge on any atom is 0.231 e. The third kappa shape index (κ3) is 3.40. The summed E-state index contributed by atoms with van der Waals surface area (Å²) in [6.45, 7) is 4.47. The van der Waals surface area contributed by atoms with Crippen LogP contribution in [-0.4, -0.2) is 40.4 Å². The van der Waals surface area contributed by atoms with E-state index in [0.717, 1.165) is 36.8 Å². The predicted molar refractivity (Wildman–Crippen MR) is 80.4 cm³/mol. The lowest BCUT2D eigenvalue weighted by molar-refractivity contribution is -0.118. The molecule has 3 rings (SSSR count). The summed E-state index contributed by atoms with van der Waals surface area (Å²) in [7, 11) is 0. The van der Waals surface area contributed by atoms with Crippen LogP contribution in [0.4, 0.5) is 0 Å². The lowest BCUT2D eigenvalue weighted by Crippen LogP contribution is -2.33. The Labute approximate surface area is 125 Å². The van der Waals surface area contributed by atoms with E-state index >= 15 is 0 Å². The monoisotopic (exact) mass is 288 g/mol. The summed E-state index contributed by atoms with van der Waals surface area (Å²) in [5.41, 5.74) is 7.53. The van der Waals surface area contributed by atoms with Crippen LogP contribution < -0.4 is 5.73 Å². The maximum atomic E-state index is 11.1. The number of likely N-dealkylation sites (tertiary alicyclic amines) is 1. The molecule has 2 aliphatic rings. The second-order valence-electron chi connectivity index (χ2n) is 6.63. The summed E-state index contributed by atoms with van der Waals surface area (Å²) in [6.07, 6.45) is 6.56. The molecular formula is C16H24N4O. The second-order valence-corrected chi connectivity index (χ2v) is 6.63. The minimum atomic E-state index is -0.211. The Bertz CT molecular complexity index is 519. The van der Waals surface area contributed by atoms with Crippen LogP contribution in [0.15, 0.2) is 12.4 Å². The van der Waals surface area contributed by atoms with Crippen LogP contribution in [0.25, 0.3) is 0 Å². The Balaban J connectivity index is 1.67. The number of hydrogen-bond acceptors (Lipinski definition) is 4. The van der Waals surface area contributed by atoms with Crippen molar-refractivity contribution in [3.8, 4) is 0 Å². The number of carbonyl (C=O) groups excluding carboxylic acids is 1. The molecule has 0 aromatic carbocycles. The molecule has 114 valence electrons. The lowest BCUT2D eigenvalue weighted by atomic mass is 9.72. The van der Waals surface area contributed by atoms with Crippen LogP contribution in [-0.2, 0) is 11.2 Å². The van der Waals surface area contributed by atoms with E-state index in [4.69, 9.17) is 5.73 Å². The molecule has 5 nitrogen and oxygen atoms in total. The van der Waals surface area contributed by atoms with Gasteiger partial charge in [-0.05, 0) is 50.0 Å². The molecule has 21 heavy (non-hydrogen) atoms. The van der Waals surface area contributed by atoms with E-state index in [1.54, 1.807) is 6.33 Å². The molecule has 2 N–H and O–H groups in total. The molecule has 2 heterocycles. The predicted octanol–water partition coefficient (Wildman–Crippen LogP) is 1.16. The molecular weight excluding hydrogens is 264 g/mol. The van der Waals surface area contributed by atoms with Gasteiger partial charge >= 0.3 is 0 Å². The van der Waals surface area contributed by atoms with Crippen molar-refractivity contribution in [2.45, 2.75) is 32.6 Å². The quantitative estimate of drug-likeness (QED) is 0.902. The molecule has 1 amide bonds. The van der Waals surface area contributed by atoms with Crippen molar-refractivity contribution in [2.75, 3.05) is 19.6 Å². The average molecular weight is 288 g/mol. The molecule has 1 aliphatic carbocycles. The van der Waals surface area contributed by atoms with Crippen LogP contribution in [0.5, 0.6) is 0 Å². The van der Waals surface area contributed by atoms with Crippen LogP contribution in [0.3, 0.4) is 0 Å². The van der Waals surface area contributed by atoms with Crippen LogP contribution >= 0.6 is 0 Å². The van der Waals surface area contributed by atoms with E-state index in [-0.39, 0.29) is 5.91 Å². The normalized spacial score (nSPS) is 29.3. The topological polar surface area (TPSA) is 72.1 Å². The molecule has 1 saturated carbocycles. The first-order valence-electron chi connectivity index (χ1n) is 7.90. The maximum absolute atomic E-state index is 11.1. The molecule has 5 heteroatoms. The van der Waals surface area contributed by atoms with Gasteiger partial charge in [-0.15, -0.1) is 0 Å². The smallest absolute Gasteiger partial charge is 0.231 e. The summed E-state index contributed by atoms with van der Waals surface area (Å²) in [5, 5.41) is 0. The highest BCUT2D eigenvalue weighted by molar-refractivity contribution is 5.75. The molecule has 2 fully saturated rings. The summed E-state index contributed by atoms with van der Waals surface area (Å²) in [6, 6.07) is 2.10. The summed E-state index contributed by atoms with van der Waals surface area (Å²) in [5.74, 6) is 1.88. The number of primary amides is 1. The Morgan fingerprint density at radius 1 is 1.38 bits per heavy atom. The number of carbonyl (C=O) groups is 1. The minimum Gasteiger partial charge on any atom is -0.369 e. The van der Waals surface area contributed by atoms with Gasteiger partial charge in [0, 0.05) is 24.5 Å². The zero-order chi connectivity index (χ0) is 14.8. The Kier molecular flexibility index (Phi) is 4.19. The zero-order valence-corrected chi connectivity index (χ0v) is 12.7. The van der Waals surface area contributed by atoms with Crippen molar-refractivity contribution in [3.63, 3.8) is 0 Å². The molecule has 1 aliphatic heterocycles. The molecule has 0 radical (unpaired) electrons. The van der Waals surface area contributed by atoms with Crippen molar-refractivity contribution >= 4 is 5.91 Å². The molecule has 1 aromatic heterocycles. The van der Waals surface area contributed by atoms with E-state index in [1.165, 1.54) is 19.3 Å². The van der Waals surface area contributed by atoms with Gasteiger partial charge in [-0.25, -0.2) is 9.97 Å². The number of nitrogens with two attached hydrogens (primary N) is 1. The molecule has 0 spiro atoms. The van der Waals surface area contributed by atoms with Gasteiger partial charge in [0.1, 0.15) is 6.33 Å². The standard InChI is InChI=1S/C16H24N4O/c1-11-5-14(19-10-18-11)6-12-3-2-4-13-7-20(8-15(12)13)9-16(17)21/h5,10,12-13,15H,2-4,6-9H2,1H3,(H2,17,21)/t12-,13-,15-/m1/s1. The number of rotatable bonds is 4. The number of amides is 1. The number of fused-ring (bicyclic) bond motifs is 1. The van der Waals surface area contributed by atoms with Crippen molar-refractivity contribution in [1.82, 2.24) is 14.9 Å². The van der Waals surface area contributed by atoms with Crippen molar-refractivity contribution < 1.29 is 4.79 Å². The first-order valence-corrected chi connectivity index (χ1v) is 7.90. The number of aromatic nitrogens is 2. The number of nitrogens with zero attached hydrogens (tertiary/aromatic N) is 3. The third-order valence-corrected chi connectivity index (χ3v) is 5.03. The molecule has 3 atom stereocenters. The van der Waals surface area contributed by atoms with Gasteiger partial charge in [0.15, 0.2) is 0 Å². The minimum absolute atomic E-state index is 0.211. The second kappa shape index (κ2) is 6.10. The molecule has 0 unspecified atom stereocenters. The highest BCUT2D eigenvalue weighted by Crippen LogP contribution is 2.41. The summed E-state index contributed by atoms with van der Waals surface area (Å²) < 4.78 is 0. The van der Waals surface area contributed by atoms with E-state index in [0.29, 0.717) is 18.4 Å². The zero-order valence-electron chi connectivity index (χ0n) is 12.7. The van der Waals surface area contributed by atoms with E-state index in [9.17, 15) is 4.79 Å². The SMILES string of the molecule is Cc1cc(C[C@H]2CCC[C@@H]3CN(CC(N)=O)C[C@H]23)ncn1. The lowest BCUT2D eigenvalue weighted by Gasteiger charge is -2.33. The molecule has 1 saturated heterocycles. The van der Waals surface area contributed by atoms with Gasteiger partial charge in [0.25, 0.3) is 0 Å². The highest BCUT2D eigenvalue weighted by atomic mass is 16.1. The first kappa shape index (κ1) is 14.4. The number of aryl methyl sites for hydroxylation is 1. The number of hydrogen-bond donors (Lipinski definition) is 1. The average Bonchev–Trinajstić information content (AvgIpc) is 2.81. The van der Waals surface area contributed by atoms with E-state index < -0.39 is 0 Å². The first-order chi connectivity index (χ1) is 10.1. The fourth-order valence-corrected chi connectivity index (χ4v) is 4.18. The van der Waals surface area contributed by atoms with Gasteiger partial charge in [-0.3, -0.25) is 9.69 Å². The fourth-order valence-electron chi connectivity index (χ4n) is 4.18. The summed E-state index contributed by atoms with van der Waals surface area (Å²) in [4.78, 5) is 22.0. The summed E-state index contributed by atoms with van der Waals surface area (Å²) >= 11 is 0. The highest BCUT2D eigenvalue weighted by Gasteiger charge is 2.40. The van der Waals surface area contributed by atoms with Gasteiger partial charge < -0.3 is 5.73 Å². The van der Waals surface area contributed by atoms with Crippen LogP contribution in [0, 0.1) is 24.7 Å². The molecule has 0 bridgehead atoms. The van der Waals surface area contributed by atoms with Crippen molar-refractivity contribution in [1.29, 1.82) is 0 Å². The van der Waals surface area contributed by atoms with Gasteiger partial charge in [-0.2, -0.15) is 0 Å². The third-order valence-electron chi connectivity index (χ3n) is 5.03. The largest absolute Gasteiger partial charge is 0.369 e. The Hall–Kier alpha value is -1.49. The Morgan fingerprint density at radius 2 is 2.24 bits per heavy atom. The van der Waals surface area contributed by atoms with Crippen molar-refractivity contribution in [2.24, 2.45) is 23.5 Å². The van der Waals surface area contributed by atoms with Gasteiger partial charge in [0.05, 0.1) is 6.54 Å². The van der Waals surface area contributed by atoms with Crippen LogP contribution in [0.1, 0.15) is 30.7 Å².